The summed E-state index contributed by atoms with van der Waals surface area (Å²) in [6.45, 7) is -0.0427. The molecule has 0 radical (unpaired) electrons. The first-order valence-corrected chi connectivity index (χ1v) is 5.76. The maximum absolute atomic E-state index is 12.4. The summed E-state index contributed by atoms with van der Waals surface area (Å²) < 4.78 is 38.3. The van der Waals surface area contributed by atoms with Gasteiger partial charge in [-0.1, -0.05) is 17.3 Å². The van der Waals surface area contributed by atoms with Gasteiger partial charge in [0.1, 0.15) is 0 Å². The normalized spacial score (nSPS) is 12.4. The van der Waals surface area contributed by atoms with Crippen LogP contribution >= 0.6 is 0 Å². The highest BCUT2D eigenvalue weighted by molar-refractivity contribution is 5.32. The Morgan fingerprint density at radius 3 is 2.32 bits per heavy atom. The van der Waals surface area contributed by atoms with E-state index in [1.807, 2.05) is 0 Å². The highest BCUT2D eigenvalue weighted by Crippen LogP contribution is 2.35. The van der Waals surface area contributed by atoms with Gasteiger partial charge in [0.15, 0.2) is 5.69 Å². The van der Waals surface area contributed by atoms with Crippen LogP contribution in [0, 0.1) is 10.1 Å². The molecule has 2 rings (SSSR count). The van der Waals surface area contributed by atoms with E-state index in [1.165, 1.54) is 24.3 Å². The van der Waals surface area contributed by atoms with Crippen LogP contribution in [0.25, 0.3) is 0 Å². The summed E-state index contributed by atoms with van der Waals surface area (Å²) in [6.07, 6.45) is -4.59. The Kier molecular flexibility index (Phi) is 3.85. The maximum Gasteiger partial charge on any atom is 0.449 e. The highest BCUT2D eigenvalue weighted by atomic mass is 19.4. The van der Waals surface area contributed by atoms with Gasteiger partial charge in [-0.15, -0.1) is 5.10 Å². The van der Waals surface area contributed by atoms with Crippen molar-refractivity contribution in [2.45, 2.75) is 18.5 Å². The zero-order valence-electron chi connectivity index (χ0n) is 10.7. The number of non-ortho nitro benzene ring substituents is 1. The SMILES string of the molecule is O=[N+]([O-])c1ccc(Cn2cc(C(O)(O)C(F)(F)F)nn2)cc1. The molecule has 8 nitrogen and oxygen atoms in total. The first-order valence-electron chi connectivity index (χ1n) is 5.76. The third kappa shape index (κ3) is 3.04. The van der Waals surface area contributed by atoms with Crippen molar-refractivity contribution in [1.82, 2.24) is 15.0 Å². The molecule has 0 bridgehead atoms. The van der Waals surface area contributed by atoms with Crippen molar-refractivity contribution in [3.63, 3.8) is 0 Å². The van der Waals surface area contributed by atoms with E-state index >= 15 is 0 Å². The summed E-state index contributed by atoms with van der Waals surface area (Å²) in [7, 11) is 0. The lowest BCUT2D eigenvalue weighted by atomic mass is 10.2. The van der Waals surface area contributed by atoms with E-state index in [4.69, 9.17) is 10.2 Å². The second kappa shape index (κ2) is 5.35. The lowest BCUT2D eigenvalue weighted by Gasteiger charge is -2.21. The topological polar surface area (TPSA) is 114 Å². The standard InChI is InChI=1S/C11H9F3N4O4/c12-11(13,14)10(19,20)9-6-17(16-15-9)5-7-1-3-8(4-2-7)18(21)22/h1-4,6,19-20H,5H2. The summed E-state index contributed by atoms with van der Waals surface area (Å²) in [6, 6.07) is 5.25. The van der Waals surface area contributed by atoms with Gasteiger partial charge in [0.05, 0.1) is 17.7 Å². The van der Waals surface area contributed by atoms with Crippen molar-refractivity contribution in [1.29, 1.82) is 0 Å². The largest absolute Gasteiger partial charge is 0.449 e. The van der Waals surface area contributed by atoms with Crippen LogP contribution < -0.4 is 0 Å². The summed E-state index contributed by atoms with van der Waals surface area (Å²) in [4.78, 5) is 9.90. The molecule has 22 heavy (non-hydrogen) atoms. The first-order chi connectivity index (χ1) is 10.1. The molecule has 2 aromatic rings. The molecule has 0 unspecified atom stereocenters. The lowest BCUT2D eigenvalue weighted by molar-refractivity contribution is -0.384. The van der Waals surface area contributed by atoms with E-state index < -0.39 is 22.6 Å². The number of aromatic nitrogens is 3. The number of hydrogen-bond donors (Lipinski definition) is 2. The van der Waals surface area contributed by atoms with Gasteiger partial charge >= 0.3 is 12.0 Å². The molecule has 0 saturated heterocycles. The second-order valence-corrected chi connectivity index (χ2v) is 4.39. The second-order valence-electron chi connectivity index (χ2n) is 4.39. The van der Waals surface area contributed by atoms with E-state index in [9.17, 15) is 23.3 Å². The van der Waals surface area contributed by atoms with E-state index in [2.05, 4.69) is 10.3 Å². The Hall–Kier alpha value is -2.53. The van der Waals surface area contributed by atoms with Crippen molar-refractivity contribution < 1.29 is 28.3 Å². The molecule has 0 aliphatic heterocycles. The quantitative estimate of drug-likeness (QED) is 0.492. The predicted molar refractivity (Wildman–Crippen MR) is 64.4 cm³/mol. The third-order valence-corrected chi connectivity index (χ3v) is 2.78. The minimum absolute atomic E-state index is 0.0427. The summed E-state index contributed by atoms with van der Waals surface area (Å²) in [5.74, 6) is -4.10. The third-order valence-electron chi connectivity index (χ3n) is 2.78. The zero-order chi connectivity index (χ0) is 16.5. The van der Waals surface area contributed by atoms with Crippen LogP contribution in [-0.4, -0.2) is 36.3 Å². The van der Waals surface area contributed by atoms with Crippen molar-refractivity contribution in [2.24, 2.45) is 0 Å². The van der Waals surface area contributed by atoms with E-state index in [0.717, 1.165) is 10.9 Å². The number of benzene rings is 1. The molecular weight excluding hydrogens is 309 g/mol. The molecule has 11 heteroatoms. The highest BCUT2D eigenvalue weighted by Gasteiger charge is 2.56. The predicted octanol–water partition coefficient (Wildman–Crippen LogP) is 0.934. The van der Waals surface area contributed by atoms with Gasteiger partial charge in [0.25, 0.3) is 5.69 Å². The number of aliphatic hydroxyl groups is 2. The summed E-state index contributed by atoms with van der Waals surface area (Å²) >= 11 is 0. The van der Waals surface area contributed by atoms with E-state index in [-0.39, 0.29) is 12.2 Å². The number of rotatable bonds is 4. The number of halogens is 3. The van der Waals surface area contributed by atoms with Crippen LogP contribution in [0.4, 0.5) is 18.9 Å². The molecule has 0 saturated carbocycles. The molecule has 0 spiro atoms. The number of nitro groups is 1. The Labute approximate surface area is 120 Å². The fourth-order valence-electron chi connectivity index (χ4n) is 1.59. The number of nitro benzene ring substituents is 1. The van der Waals surface area contributed by atoms with Crippen LogP contribution in [-0.2, 0) is 12.3 Å². The van der Waals surface area contributed by atoms with Crippen molar-refractivity contribution in [2.75, 3.05) is 0 Å². The van der Waals surface area contributed by atoms with Crippen molar-refractivity contribution in [3.05, 3.63) is 51.8 Å². The lowest BCUT2D eigenvalue weighted by Crippen LogP contribution is -2.42. The number of nitrogens with zero attached hydrogens (tertiary/aromatic N) is 4. The Bertz CT molecular complexity index is 681. The molecule has 0 fully saturated rings. The number of hydrogen-bond acceptors (Lipinski definition) is 6. The van der Waals surface area contributed by atoms with Gasteiger partial charge < -0.3 is 10.2 Å². The van der Waals surface area contributed by atoms with Gasteiger partial charge in [-0.25, -0.2) is 4.68 Å². The molecule has 1 heterocycles. The summed E-state index contributed by atoms with van der Waals surface area (Å²) in [5, 5.41) is 35.0. The Balaban J connectivity index is 2.17. The van der Waals surface area contributed by atoms with Gasteiger partial charge in [-0.3, -0.25) is 10.1 Å². The average molecular weight is 318 g/mol. The molecule has 0 aliphatic carbocycles. The molecule has 0 aliphatic rings. The average Bonchev–Trinajstić information content (AvgIpc) is 2.87. The number of alkyl halides is 3. The molecule has 1 aromatic heterocycles. The minimum Gasteiger partial charge on any atom is -0.354 e. The fraction of sp³-hybridized carbons (Fsp3) is 0.273. The van der Waals surface area contributed by atoms with Crippen LogP contribution in [0.15, 0.2) is 30.5 Å². The van der Waals surface area contributed by atoms with Gasteiger partial charge in [-0.2, -0.15) is 13.2 Å². The maximum atomic E-state index is 12.4. The smallest absolute Gasteiger partial charge is 0.354 e. The van der Waals surface area contributed by atoms with Gasteiger partial charge in [0, 0.05) is 12.1 Å². The van der Waals surface area contributed by atoms with Crippen LogP contribution in [0.3, 0.4) is 0 Å². The van der Waals surface area contributed by atoms with E-state index in [1.54, 1.807) is 0 Å². The molecule has 118 valence electrons. The summed E-state index contributed by atoms with van der Waals surface area (Å²) in [5.41, 5.74) is -0.692. The Morgan fingerprint density at radius 1 is 1.23 bits per heavy atom. The van der Waals surface area contributed by atoms with E-state index in [0.29, 0.717) is 5.56 Å². The molecule has 0 amide bonds. The molecule has 1 aromatic carbocycles. The Morgan fingerprint density at radius 2 is 1.82 bits per heavy atom. The first kappa shape index (κ1) is 15.9. The van der Waals surface area contributed by atoms with Gasteiger partial charge in [0.2, 0.25) is 0 Å². The molecule has 0 atom stereocenters. The fourth-order valence-corrected chi connectivity index (χ4v) is 1.59. The zero-order valence-corrected chi connectivity index (χ0v) is 10.7. The van der Waals surface area contributed by atoms with Crippen LogP contribution in [0.1, 0.15) is 11.3 Å². The van der Waals surface area contributed by atoms with Crippen molar-refractivity contribution in [3.8, 4) is 0 Å². The minimum atomic E-state index is -5.32. The van der Waals surface area contributed by atoms with Crippen LogP contribution in [0.5, 0.6) is 0 Å². The molecule has 2 N–H and O–H groups in total. The van der Waals surface area contributed by atoms with Gasteiger partial charge in [-0.05, 0) is 5.56 Å². The van der Waals surface area contributed by atoms with Crippen LogP contribution in [0.2, 0.25) is 0 Å². The van der Waals surface area contributed by atoms with Crippen molar-refractivity contribution >= 4 is 5.69 Å². The monoisotopic (exact) mass is 318 g/mol. The molecular formula is C11H9F3N4O4.